The van der Waals surface area contributed by atoms with E-state index in [0.717, 1.165) is 25.9 Å². The maximum Gasteiger partial charge on any atom is 0.294 e. The highest BCUT2D eigenvalue weighted by atomic mass is 35.5. The molecule has 1 N–H and O–H groups in total. The van der Waals surface area contributed by atoms with Gasteiger partial charge in [0.15, 0.2) is 0 Å². The van der Waals surface area contributed by atoms with Crippen molar-refractivity contribution in [1.82, 2.24) is 5.32 Å². The van der Waals surface area contributed by atoms with Gasteiger partial charge in [-0.05, 0) is 25.5 Å². The summed E-state index contributed by atoms with van der Waals surface area (Å²) in [5.41, 5.74) is 0.556. The van der Waals surface area contributed by atoms with E-state index >= 15 is 0 Å². The molecule has 1 heterocycles. The lowest BCUT2D eigenvalue weighted by molar-refractivity contribution is -0.384. The molecule has 0 amide bonds. The van der Waals surface area contributed by atoms with Crippen molar-refractivity contribution in [3.05, 3.63) is 33.3 Å². The lowest BCUT2D eigenvalue weighted by Crippen LogP contribution is -2.35. The van der Waals surface area contributed by atoms with Crippen molar-refractivity contribution < 1.29 is 4.92 Å². The predicted molar refractivity (Wildman–Crippen MR) is 72.4 cm³/mol. The number of nitrogens with zero attached hydrogens (tertiary/aromatic N) is 2. The minimum atomic E-state index is -0.389. The molecule has 0 spiro atoms. The Balaban J connectivity index is 2.22. The smallest absolute Gasteiger partial charge is 0.294 e. The van der Waals surface area contributed by atoms with Crippen LogP contribution in [0.4, 0.5) is 11.4 Å². The quantitative estimate of drug-likeness (QED) is 0.674. The molecular formula is C12H16ClN3O2. The number of anilines is 1. The molecule has 1 atom stereocenters. The fourth-order valence-electron chi connectivity index (χ4n) is 2.36. The van der Waals surface area contributed by atoms with Crippen molar-refractivity contribution in [3.63, 3.8) is 0 Å². The number of hydrogen-bond acceptors (Lipinski definition) is 4. The molecule has 1 aliphatic rings. The Morgan fingerprint density at radius 3 is 3.00 bits per heavy atom. The van der Waals surface area contributed by atoms with Crippen LogP contribution in [0.25, 0.3) is 0 Å². The molecule has 5 nitrogen and oxygen atoms in total. The first-order chi connectivity index (χ1) is 8.59. The first-order valence-corrected chi connectivity index (χ1v) is 6.35. The monoisotopic (exact) mass is 269 g/mol. The standard InChI is InChI=1S/C12H16ClN3O2/c1-15(8-9-4-3-7-14-9)12-10(13)5-2-6-11(12)16(17)18/h2,5-6,9,14H,3-4,7-8H2,1H3. The zero-order valence-electron chi connectivity index (χ0n) is 10.2. The van der Waals surface area contributed by atoms with Crippen LogP contribution in [-0.4, -0.2) is 31.1 Å². The summed E-state index contributed by atoms with van der Waals surface area (Å²) in [6.07, 6.45) is 2.26. The number of nitrogens with one attached hydrogen (secondary N) is 1. The summed E-state index contributed by atoms with van der Waals surface area (Å²) in [7, 11) is 1.84. The molecule has 1 unspecified atom stereocenters. The summed E-state index contributed by atoms with van der Waals surface area (Å²) in [4.78, 5) is 12.5. The zero-order valence-corrected chi connectivity index (χ0v) is 11.0. The van der Waals surface area contributed by atoms with Crippen LogP contribution in [0.2, 0.25) is 5.02 Å². The van der Waals surface area contributed by atoms with Crippen LogP contribution in [0.5, 0.6) is 0 Å². The molecule has 1 aromatic carbocycles. The highest BCUT2D eigenvalue weighted by molar-refractivity contribution is 6.33. The van der Waals surface area contributed by atoms with E-state index in [1.165, 1.54) is 6.07 Å². The van der Waals surface area contributed by atoms with E-state index in [4.69, 9.17) is 11.6 Å². The van der Waals surface area contributed by atoms with Crippen LogP contribution >= 0.6 is 11.6 Å². The van der Waals surface area contributed by atoms with E-state index < -0.39 is 0 Å². The van der Waals surface area contributed by atoms with Crippen LogP contribution in [0.1, 0.15) is 12.8 Å². The van der Waals surface area contributed by atoms with Crippen LogP contribution < -0.4 is 10.2 Å². The fourth-order valence-corrected chi connectivity index (χ4v) is 2.68. The summed E-state index contributed by atoms with van der Waals surface area (Å²) in [5, 5.41) is 14.8. The Bertz CT molecular complexity index is 447. The Kier molecular flexibility index (Phi) is 4.04. The van der Waals surface area contributed by atoms with Gasteiger partial charge in [-0.3, -0.25) is 10.1 Å². The SMILES string of the molecule is CN(CC1CCCN1)c1c(Cl)cccc1[N+](=O)[O-]. The van der Waals surface area contributed by atoms with Crippen molar-refractivity contribution in [2.24, 2.45) is 0 Å². The molecule has 0 aromatic heterocycles. The fraction of sp³-hybridized carbons (Fsp3) is 0.500. The van der Waals surface area contributed by atoms with Gasteiger partial charge in [0.2, 0.25) is 0 Å². The molecule has 98 valence electrons. The lowest BCUT2D eigenvalue weighted by atomic mass is 10.2. The minimum absolute atomic E-state index is 0.0583. The summed E-state index contributed by atoms with van der Waals surface area (Å²) in [5.74, 6) is 0. The topological polar surface area (TPSA) is 58.4 Å². The lowest BCUT2D eigenvalue weighted by Gasteiger charge is -2.23. The van der Waals surface area contributed by atoms with Crippen LogP contribution in [0.3, 0.4) is 0 Å². The maximum absolute atomic E-state index is 11.0. The van der Waals surface area contributed by atoms with Crippen molar-refractivity contribution in [1.29, 1.82) is 0 Å². The molecule has 2 rings (SSSR count). The first-order valence-electron chi connectivity index (χ1n) is 5.97. The summed E-state index contributed by atoms with van der Waals surface area (Å²) in [6.45, 7) is 1.74. The largest absolute Gasteiger partial charge is 0.366 e. The third-order valence-corrected chi connectivity index (χ3v) is 3.51. The summed E-state index contributed by atoms with van der Waals surface area (Å²) >= 11 is 6.09. The van der Waals surface area contributed by atoms with Crippen LogP contribution in [0.15, 0.2) is 18.2 Å². The number of para-hydroxylation sites is 1. The third kappa shape index (κ3) is 2.73. The number of rotatable bonds is 4. The Labute approximate surface area is 111 Å². The van der Waals surface area contributed by atoms with E-state index in [0.29, 0.717) is 16.8 Å². The van der Waals surface area contributed by atoms with E-state index in [1.54, 1.807) is 12.1 Å². The Morgan fingerprint density at radius 1 is 1.61 bits per heavy atom. The number of benzene rings is 1. The maximum atomic E-state index is 11.0. The molecule has 1 aliphatic heterocycles. The van der Waals surface area contributed by atoms with Crippen molar-refractivity contribution in [2.75, 3.05) is 25.0 Å². The number of likely N-dealkylation sites (N-methyl/N-ethyl adjacent to an activating group) is 1. The molecule has 1 saturated heterocycles. The number of nitro groups is 1. The molecule has 0 radical (unpaired) electrons. The predicted octanol–water partition coefficient (Wildman–Crippen LogP) is 2.44. The zero-order chi connectivity index (χ0) is 13.1. The van der Waals surface area contributed by atoms with E-state index in [-0.39, 0.29) is 10.6 Å². The molecular weight excluding hydrogens is 254 g/mol. The highest BCUT2D eigenvalue weighted by Crippen LogP contribution is 2.34. The average Bonchev–Trinajstić information content (AvgIpc) is 2.81. The normalized spacial score (nSPS) is 18.9. The molecule has 0 aliphatic carbocycles. The van der Waals surface area contributed by atoms with Gasteiger partial charge in [-0.2, -0.15) is 0 Å². The van der Waals surface area contributed by atoms with Crippen molar-refractivity contribution in [2.45, 2.75) is 18.9 Å². The van der Waals surface area contributed by atoms with Crippen molar-refractivity contribution in [3.8, 4) is 0 Å². The molecule has 18 heavy (non-hydrogen) atoms. The molecule has 1 aromatic rings. The Hall–Kier alpha value is -1.33. The second kappa shape index (κ2) is 5.54. The second-order valence-corrected chi connectivity index (χ2v) is 4.95. The van der Waals surface area contributed by atoms with Gasteiger partial charge in [-0.25, -0.2) is 0 Å². The molecule has 1 fully saturated rings. The molecule has 0 saturated carbocycles. The Morgan fingerprint density at radius 2 is 2.39 bits per heavy atom. The van der Waals surface area contributed by atoms with Gasteiger partial charge in [-0.15, -0.1) is 0 Å². The van der Waals surface area contributed by atoms with Crippen molar-refractivity contribution >= 4 is 23.0 Å². The summed E-state index contributed by atoms with van der Waals surface area (Å²) in [6, 6.07) is 5.15. The van der Waals surface area contributed by atoms with Gasteiger partial charge in [0, 0.05) is 25.7 Å². The second-order valence-electron chi connectivity index (χ2n) is 4.54. The minimum Gasteiger partial charge on any atom is -0.366 e. The number of hydrogen-bond donors (Lipinski definition) is 1. The van der Waals surface area contributed by atoms with E-state index in [9.17, 15) is 10.1 Å². The van der Waals surface area contributed by atoms with Gasteiger partial charge in [0.05, 0.1) is 9.95 Å². The summed E-state index contributed by atoms with van der Waals surface area (Å²) < 4.78 is 0. The van der Waals surface area contributed by atoms with Gasteiger partial charge in [-0.1, -0.05) is 17.7 Å². The number of halogens is 1. The van der Waals surface area contributed by atoms with Crippen LogP contribution in [0, 0.1) is 10.1 Å². The van der Waals surface area contributed by atoms with Gasteiger partial charge in [0.1, 0.15) is 5.69 Å². The van der Waals surface area contributed by atoms with E-state index in [2.05, 4.69) is 5.32 Å². The van der Waals surface area contributed by atoms with Gasteiger partial charge >= 0.3 is 0 Å². The van der Waals surface area contributed by atoms with E-state index in [1.807, 2.05) is 11.9 Å². The van der Waals surface area contributed by atoms with Gasteiger partial charge < -0.3 is 10.2 Å². The first kappa shape index (κ1) is 13.1. The number of nitro benzene ring substituents is 1. The van der Waals surface area contributed by atoms with Gasteiger partial charge in [0.25, 0.3) is 5.69 Å². The molecule has 0 bridgehead atoms. The van der Waals surface area contributed by atoms with Crippen LogP contribution in [-0.2, 0) is 0 Å². The highest BCUT2D eigenvalue weighted by Gasteiger charge is 2.23. The average molecular weight is 270 g/mol. The molecule has 6 heteroatoms. The third-order valence-electron chi connectivity index (χ3n) is 3.20.